The van der Waals surface area contributed by atoms with Crippen LogP contribution >= 0.6 is 0 Å². The first-order chi connectivity index (χ1) is 7.60. The molecule has 0 aliphatic heterocycles. The van der Waals surface area contributed by atoms with Crippen LogP contribution in [-0.2, 0) is 6.42 Å². The Kier molecular flexibility index (Phi) is 2.64. The quantitative estimate of drug-likeness (QED) is 0.826. The number of aromatic amines is 1. The maximum absolute atomic E-state index is 11.4. The lowest BCUT2D eigenvalue weighted by Gasteiger charge is -2.05. The Hall–Kier alpha value is -1.85. The summed E-state index contributed by atoms with van der Waals surface area (Å²) < 4.78 is 6.55. The predicted molar refractivity (Wildman–Crippen MR) is 58.7 cm³/mol. The summed E-state index contributed by atoms with van der Waals surface area (Å²) in [6.45, 7) is 4.17. The zero-order valence-electron chi connectivity index (χ0n) is 9.52. The number of nitrogens with zero attached hydrogens (tertiary/aromatic N) is 3. The van der Waals surface area contributed by atoms with E-state index in [1.54, 1.807) is 10.6 Å². The molecule has 2 heterocycles. The van der Waals surface area contributed by atoms with Gasteiger partial charge in [0.2, 0.25) is 5.78 Å². The van der Waals surface area contributed by atoms with Crippen LogP contribution in [0.15, 0.2) is 10.9 Å². The van der Waals surface area contributed by atoms with E-state index >= 15 is 0 Å². The van der Waals surface area contributed by atoms with E-state index in [1.165, 1.54) is 7.11 Å². The Balaban J connectivity index is 2.61. The van der Waals surface area contributed by atoms with E-state index in [9.17, 15) is 4.79 Å². The van der Waals surface area contributed by atoms with Gasteiger partial charge < -0.3 is 4.74 Å². The van der Waals surface area contributed by atoms with Crippen molar-refractivity contribution in [2.75, 3.05) is 7.11 Å². The summed E-state index contributed by atoms with van der Waals surface area (Å²) in [7, 11) is 1.50. The molecule has 0 fully saturated rings. The summed E-state index contributed by atoms with van der Waals surface area (Å²) in [6, 6.07) is 1.80. The van der Waals surface area contributed by atoms with Gasteiger partial charge >= 0.3 is 6.01 Å². The Morgan fingerprint density at radius 3 is 2.94 bits per heavy atom. The fourth-order valence-corrected chi connectivity index (χ4v) is 1.58. The number of H-pyrrole nitrogens is 1. The van der Waals surface area contributed by atoms with Crippen LogP contribution in [0.2, 0.25) is 0 Å². The Labute approximate surface area is 92.3 Å². The fraction of sp³-hybridized carbons (Fsp3) is 0.500. The van der Waals surface area contributed by atoms with E-state index in [0.717, 1.165) is 12.1 Å². The second kappa shape index (κ2) is 3.96. The van der Waals surface area contributed by atoms with Crippen molar-refractivity contribution >= 4 is 5.78 Å². The molecule has 6 heteroatoms. The molecule has 86 valence electrons. The number of hydrogen-bond donors (Lipinski definition) is 1. The second-order valence-corrected chi connectivity index (χ2v) is 4.06. The molecule has 0 aliphatic rings. The molecule has 0 unspecified atom stereocenters. The minimum Gasteiger partial charge on any atom is -0.466 e. The standard InChI is InChI=1S/C10H14N4O2/c1-6(2)4-7-5-8(15)11-9-12-10(16-3)13-14(7)9/h5-6H,4H2,1-3H3,(H,11,12,13,15). The molecule has 0 spiro atoms. The SMILES string of the molecule is COc1nc2[nH]c(=O)cc(CC(C)C)n2n1. The molecular formula is C10H14N4O2. The molecule has 16 heavy (non-hydrogen) atoms. The summed E-state index contributed by atoms with van der Waals surface area (Å²) in [4.78, 5) is 18.1. The van der Waals surface area contributed by atoms with Crippen LogP contribution in [0.4, 0.5) is 0 Å². The van der Waals surface area contributed by atoms with Crippen LogP contribution in [-0.4, -0.2) is 26.7 Å². The van der Waals surface area contributed by atoms with Crippen LogP contribution in [0.25, 0.3) is 5.78 Å². The number of hydrogen-bond acceptors (Lipinski definition) is 4. The average molecular weight is 222 g/mol. The molecule has 2 aromatic rings. The minimum atomic E-state index is -0.168. The molecule has 0 saturated carbocycles. The molecule has 0 aromatic carbocycles. The van der Waals surface area contributed by atoms with Gasteiger partial charge in [0.25, 0.3) is 5.56 Å². The van der Waals surface area contributed by atoms with Gasteiger partial charge in [-0.15, -0.1) is 5.10 Å². The Morgan fingerprint density at radius 1 is 1.56 bits per heavy atom. The molecule has 0 saturated heterocycles. The van der Waals surface area contributed by atoms with E-state index in [2.05, 4.69) is 28.9 Å². The first-order valence-electron chi connectivity index (χ1n) is 5.13. The maximum Gasteiger partial charge on any atom is 0.337 e. The van der Waals surface area contributed by atoms with Gasteiger partial charge in [-0.1, -0.05) is 13.8 Å². The normalized spacial score (nSPS) is 11.2. The topological polar surface area (TPSA) is 72.3 Å². The molecule has 0 bridgehead atoms. The molecule has 1 N–H and O–H groups in total. The summed E-state index contributed by atoms with van der Waals surface area (Å²) in [5.74, 6) is 0.861. The number of nitrogens with one attached hydrogen (secondary N) is 1. The monoisotopic (exact) mass is 222 g/mol. The maximum atomic E-state index is 11.4. The lowest BCUT2D eigenvalue weighted by atomic mass is 10.1. The Morgan fingerprint density at radius 2 is 2.31 bits per heavy atom. The molecule has 0 amide bonds. The van der Waals surface area contributed by atoms with Crippen molar-refractivity contribution in [3.8, 4) is 6.01 Å². The van der Waals surface area contributed by atoms with Crippen molar-refractivity contribution in [3.05, 3.63) is 22.1 Å². The molecule has 2 aromatic heterocycles. The van der Waals surface area contributed by atoms with Crippen molar-refractivity contribution in [2.24, 2.45) is 5.92 Å². The largest absolute Gasteiger partial charge is 0.466 e. The van der Waals surface area contributed by atoms with Crippen molar-refractivity contribution in [1.29, 1.82) is 0 Å². The number of aromatic nitrogens is 4. The molecule has 0 atom stereocenters. The highest BCUT2D eigenvalue weighted by Gasteiger charge is 2.10. The zero-order valence-corrected chi connectivity index (χ0v) is 9.52. The lowest BCUT2D eigenvalue weighted by Crippen LogP contribution is -2.13. The first-order valence-corrected chi connectivity index (χ1v) is 5.13. The average Bonchev–Trinajstić information content (AvgIpc) is 2.59. The smallest absolute Gasteiger partial charge is 0.337 e. The Bertz CT molecular complexity index is 555. The molecule has 2 rings (SSSR count). The summed E-state index contributed by atoms with van der Waals surface area (Å²) in [5.41, 5.74) is 0.669. The van der Waals surface area contributed by atoms with E-state index < -0.39 is 0 Å². The van der Waals surface area contributed by atoms with Crippen molar-refractivity contribution in [1.82, 2.24) is 19.6 Å². The third kappa shape index (κ3) is 1.91. The van der Waals surface area contributed by atoms with Crippen LogP contribution in [0, 0.1) is 5.92 Å². The van der Waals surface area contributed by atoms with Gasteiger partial charge in [-0.25, -0.2) is 0 Å². The highest BCUT2D eigenvalue weighted by molar-refractivity contribution is 5.30. The van der Waals surface area contributed by atoms with E-state index in [-0.39, 0.29) is 11.6 Å². The first kappa shape index (κ1) is 10.7. The van der Waals surface area contributed by atoms with Crippen molar-refractivity contribution in [3.63, 3.8) is 0 Å². The van der Waals surface area contributed by atoms with Crippen LogP contribution in [0.3, 0.4) is 0 Å². The zero-order chi connectivity index (χ0) is 11.7. The summed E-state index contributed by atoms with van der Waals surface area (Å²) >= 11 is 0. The highest BCUT2D eigenvalue weighted by atomic mass is 16.5. The van der Waals surface area contributed by atoms with Gasteiger partial charge in [-0.2, -0.15) is 9.50 Å². The van der Waals surface area contributed by atoms with Gasteiger partial charge in [0, 0.05) is 6.07 Å². The third-order valence-electron chi connectivity index (χ3n) is 2.19. The number of ether oxygens (including phenoxy) is 1. The number of rotatable bonds is 3. The van der Waals surface area contributed by atoms with E-state index in [1.807, 2.05) is 0 Å². The molecule has 6 nitrogen and oxygen atoms in total. The molecule has 0 aliphatic carbocycles. The summed E-state index contributed by atoms with van der Waals surface area (Å²) in [6.07, 6.45) is 0.771. The second-order valence-electron chi connectivity index (χ2n) is 4.06. The molecule has 0 radical (unpaired) electrons. The van der Waals surface area contributed by atoms with Gasteiger partial charge in [0.05, 0.1) is 12.8 Å². The highest BCUT2D eigenvalue weighted by Crippen LogP contribution is 2.09. The van der Waals surface area contributed by atoms with Crippen LogP contribution in [0.1, 0.15) is 19.5 Å². The van der Waals surface area contributed by atoms with Gasteiger partial charge in [-0.3, -0.25) is 9.78 Å². The van der Waals surface area contributed by atoms with Crippen molar-refractivity contribution < 1.29 is 4.74 Å². The summed E-state index contributed by atoms with van der Waals surface area (Å²) in [5, 5.41) is 4.14. The van der Waals surface area contributed by atoms with E-state index in [4.69, 9.17) is 4.74 Å². The van der Waals surface area contributed by atoms with Crippen LogP contribution < -0.4 is 10.3 Å². The van der Waals surface area contributed by atoms with E-state index in [0.29, 0.717) is 11.7 Å². The fourth-order valence-electron chi connectivity index (χ4n) is 1.58. The van der Waals surface area contributed by atoms with Gasteiger partial charge in [0.15, 0.2) is 0 Å². The lowest BCUT2D eigenvalue weighted by molar-refractivity contribution is 0.380. The predicted octanol–water partition coefficient (Wildman–Crippen LogP) is 0.625. The van der Waals surface area contributed by atoms with Gasteiger partial charge in [-0.05, 0) is 12.3 Å². The number of fused-ring (bicyclic) bond motifs is 1. The van der Waals surface area contributed by atoms with Gasteiger partial charge in [0.1, 0.15) is 0 Å². The van der Waals surface area contributed by atoms with Crippen LogP contribution in [0.5, 0.6) is 6.01 Å². The minimum absolute atomic E-state index is 0.168. The number of methoxy groups -OCH3 is 1. The molecular weight excluding hydrogens is 208 g/mol. The third-order valence-corrected chi connectivity index (χ3v) is 2.19. The van der Waals surface area contributed by atoms with Crippen molar-refractivity contribution in [2.45, 2.75) is 20.3 Å².